The van der Waals surface area contributed by atoms with Gasteiger partial charge in [-0.25, -0.2) is 17.9 Å². The number of nitrogens with one attached hydrogen (secondary N) is 1. The summed E-state index contributed by atoms with van der Waals surface area (Å²) in [4.78, 5) is 11.6. The van der Waals surface area contributed by atoms with Crippen molar-refractivity contribution in [3.8, 4) is 5.75 Å². The smallest absolute Gasteiger partial charge is 0.348 e. The third kappa shape index (κ3) is 4.32. The lowest BCUT2D eigenvalue weighted by atomic mass is 10.4. The average molecular weight is 345 g/mol. The monoisotopic (exact) mass is 344 g/mol. The number of methoxy groups -OCH3 is 2. The zero-order chi connectivity index (χ0) is 14.6. The molecule has 0 saturated carbocycles. The van der Waals surface area contributed by atoms with Crippen molar-refractivity contribution in [3.63, 3.8) is 0 Å². The van der Waals surface area contributed by atoms with E-state index >= 15 is 0 Å². The van der Waals surface area contributed by atoms with E-state index in [1.54, 1.807) is 6.92 Å². The number of rotatable bonds is 6. The summed E-state index contributed by atoms with van der Waals surface area (Å²) in [6.45, 7) is 1.80. The van der Waals surface area contributed by atoms with Crippen molar-refractivity contribution in [1.82, 2.24) is 4.72 Å². The Kier molecular flexibility index (Phi) is 7.45. The third-order valence-electron chi connectivity index (χ3n) is 2.23. The van der Waals surface area contributed by atoms with E-state index in [0.29, 0.717) is 0 Å². The largest absolute Gasteiger partial charge is 0.494 e. The second kappa shape index (κ2) is 7.79. The minimum absolute atomic E-state index is 0. The molecule has 0 aliphatic heterocycles. The van der Waals surface area contributed by atoms with Gasteiger partial charge in [0.15, 0.2) is 9.96 Å². The number of carbonyl (C=O) groups excluding carboxylic acids is 1. The standard InChI is InChI=1S/C10H16N2O5S2.ClH/c1-6(5-11)12-19(14,15)10-7(16-2)4-8(18-10)9(13)17-3;/h4,6,12H,5,11H2,1-3H3;1H/t6-;/m0./s1. The van der Waals surface area contributed by atoms with E-state index < -0.39 is 22.0 Å². The highest BCUT2D eigenvalue weighted by atomic mass is 35.5. The Balaban J connectivity index is 0.00000361. The number of ether oxygens (including phenoxy) is 2. The highest BCUT2D eigenvalue weighted by molar-refractivity contribution is 7.91. The summed E-state index contributed by atoms with van der Waals surface area (Å²) in [5.41, 5.74) is 5.37. The molecule has 116 valence electrons. The number of sulfonamides is 1. The first-order valence-electron chi connectivity index (χ1n) is 5.34. The highest BCUT2D eigenvalue weighted by Crippen LogP contribution is 2.33. The maximum atomic E-state index is 12.1. The molecule has 0 aliphatic rings. The predicted octanol–water partition coefficient (Wildman–Crippen LogP) is 0.591. The Labute approximate surface area is 127 Å². The van der Waals surface area contributed by atoms with Crippen molar-refractivity contribution >= 4 is 39.7 Å². The topological polar surface area (TPSA) is 108 Å². The third-order valence-corrected chi connectivity index (χ3v) is 5.43. The number of nitrogens with two attached hydrogens (primary N) is 1. The Morgan fingerprint density at radius 1 is 1.50 bits per heavy atom. The van der Waals surface area contributed by atoms with Gasteiger partial charge in [-0.1, -0.05) is 0 Å². The second-order valence-corrected chi connectivity index (χ2v) is 6.68. The lowest BCUT2D eigenvalue weighted by molar-refractivity contribution is 0.0606. The van der Waals surface area contributed by atoms with Crippen molar-refractivity contribution in [2.75, 3.05) is 20.8 Å². The van der Waals surface area contributed by atoms with E-state index in [1.807, 2.05) is 0 Å². The molecule has 0 unspecified atom stereocenters. The molecular formula is C10H17ClN2O5S2. The lowest BCUT2D eigenvalue weighted by Crippen LogP contribution is -2.37. The summed E-state index contributed by atoms with van der Waals surface area (Å²) >= 11 is 0.785. The molecule has 0 fully saturated rings. The van der Waals surface area contributed by atoms with Gasteiger partial charge in [-0.15, -0.1) is 23.7 Å². The van der Waals surface area contributed by atoms with E-state index in [4.69, 9.17) is 10.5 Å². The molecule has 1 atom stereocenters. The predicted molar refractivity (Wildman–Crippen MR) is 78.3 cm³/mol. The van der Waals surface area contributed by atoms with Crippen LogP contribution >= 0.6 is 23.7 Å². The van der Waals surface area contributed by atoms with E-state index in [0.717, 1.165) is 11.3 Å². The molecule has 0 bridgehead atoms. The fourth-order valence-corrected chi connectivity index (χ4v) is 4.02. The molecule has 20 heavy (non-hydrogen) atoms. The van der Waals surface area contributed by atoms with Crippen LogP contribution in [0.2, 0.25) is 0 Å². The molecule has 10 heteroatoms. The molecule has 7 nitrogen and oxygen atoms in total. The van der Waals surface area contributed by atoms with Gasteiger partial charge in [-0.05, 0) is 6.92 Å². The average Bonchev–Trinajstić information content (AvgIpc) is 2.82. The Hall–Kier alpha value is -0.870. The molecular weight excluding hydrogens is 328 g/mol. The molecule has 0 radical (unpaired) electrons. The summed E-state index contributed by atoms with van der Waals surface area (Å²) in [6.07, 6.45) is 0. The number of hydrogen-bond donors (Lipinski definition) is 2. The van der Waals surface area contributed by atoms with Crippen LogP contribution in [0.4, 0.5) is 0 Å². The van der Waals surface area contributed by atoms with Crippen LogP contribution in [0.5, 0.6) is 5.75 Å². The van der Waals surface area contributed by atoms with Crippen LogP contribution in [0.1, 0.15) is 16.6 Å². The van der Waals surface area contributed by atoms with E-state index in [9.17, 15) is 13.2 Å². The molecule has 0 aromatic carbocycles. The zero-order valence-corrected chi connectivity index (χ0v) is 13.7. The lowest BCUT2D eigenvalue weighted by Gasteiger charge is -2.11. The van der Waals surface area contributed by atoms with E-state index in [2.05, 4.69) is 9.46 Å². The summed E-state index contributed by atoms with van der Waals surface area (Å²) < 4.78 is 36.1. The van der Waals surface area contributed by atoms with Gasteiger partial charge in [0.2, 0.25) is 0 Å². The normalized spacial score (nSPS) is 12.4. The molecule has 0 aliphatic carbocycles. The SMILES string of the molecule is COC(=O)c1cc(OC)c(S(=O)(=O)N[C@@H](C)CN)s1.Cl. The fraction of sp³-hybridized carbons (Fsp3) is 0.500. The summed E-state index contributed by atoms with van der Waals surface area (Å²) in [7, 11) is -1.23. The first-order valence-corrected chi connectivity index (χ1v) is 7.64. The number of esters is 1. The summed E-state index contributed by atoms with van der Waals surface area (Å²) in [5.74, 6) is -0.515. The van der Waals surface area contributed by atoms with Crippen LogP contribution in [-0.4, -0.2) is 41.2 Å². The van der Waals surface area contributed by atoms with Crippen molar-refractivity contribution < 1.29 is 22.7 Å². The van der Waals surface area contributed by atoms with Gasteiger partial charge < -0.3 is 15.2 Å². The van der Waals surface area contributed by atoms with Crippen molar-refractivity contribution in [2.45, 2.75) is 17.2 Å². The Morgan fingerprint density at radius 2 is 2.10 bits per heavy atom. The minimum atomic E-state index is -3.78. The Morgan fingerprint density at radius 3 is 2.55 bits per heavy atom. The van der Waals surface area contributed by atoms with Gasteiger partial charge in [-0.2, -0.15) is 0 Å². The van der Waals surface area contributed by atoms with Gasteiger partial charge >= 0.3 is 5.97 Å². The molecule has 0 saturated heterocycles. The van der Waals surface area contributed by atoms with Gasteiger partial charge in [-0.3, -0.25) is 0 Å². The Bertz CT molecular complexity index is 558. The number of halogens is 1. The highest BCUT2D eigenvalue weighted by Gasteiger charge is 2.26. The number of carbonyl (C=O) groups is 1. The molecule has 0 spiro atoms. The van der Waals surface area contributed by atoms with Crippen LogP contribution < -0.4 is 15.2 Å². The summed E-state index contributed by atoms with van der Waals surface area (Å²) in [6, 6.07) is 0.913. The number of hydrogen-bond acceptors (Lipinski definition) is 7. The minimum Gasteiger partial charge on any atom is -0.494 e. The van der Waals surface area contributed by atoms with Crippen molar-refractivity contribution in [3.05, 3.63) is 10.9 Å². The maximum absolute atomic E-state index is 12.1. The fourth-order valence-electron chi connectivity index (χ4n) is 1.25. The first-order chi connectivity index (χ1) is 8.85. The molecule has 1 aromatic heterocycles. The first kappa shape index (κ1) is 19.1. The van der Waals surface area contributed by atoms with Crippen LogP contribution in [0.3, 0.4) is 0 Å². The maximum Gasteiger partial charge on any atom is 0.348 e. The van der Waals surface area contributed by atoms with Crippen LogP contribution in [-0.2, 0) is 14.8 Å². The molecule has 0 amide bonds. The van der Waals surface area contributed by atoms with Crippen LogP contribution in [0.25, 0.3) is 0 Å². The summed E-state index contributed by atoms with van der Waals surface area (Å²) in [5, 5.41) is 0. The van der Waals surface area contributed by atoms with Crippen LogP contribution in [0, 0.1) is 0 Å². The molecule has 1 rings (SSSR count). The van der Waals surface area contributed by atoms with E-state index in [1.165, 1.54) is 20.3 Å². The molecule has 3 N–H and O–H groups in total. The van der Waals surface area contributed by atoms with Gasteiger partial charge in [0.1, 0.15) is 4.88 Å². The molecule has 1 aromatic rings. The van der Waals surface area contributed by atoms with Gasteiger partial charge in [0.05, 0.1) is 14.2 Å². The number of thiophene rings is 1. The zero-order valence-electron chi connectivity index (χ0n) is 11.2. The molecule has 1 heterocycles. The van der Waals surface area contributed by atoms with Gasteiger partial charge in [0.25, 0.3) is 10.0 Å². The second-order valence-electron chi connectivity index (χ2n) is 3.72. The van der Waals surface area contributed by atoms with E-state index in [-0.39, 0.29) is 33.8 Å². The van der Waals surface area contributed by atoms with Crippen molar-refractivity contribution in [2.24, 2.45) is 5.73 Å². The van der Waals surface area contributed by atoms with Crippen molar-refractivity contribution in [1.29, 1.82) is 0 Å². The van der Waals surface area contributed by atoms with Gasteiger partial charge in [0, 0.05) is 18.7 Å². The quantitative estimate of drug-likeness (QED) is 0.731. The van der Waals surface area contributed by atoms with Crippen LogP contribution in [0.15, 0.2) is 10.3 Å².